The number of fused-ring (bicyclic) bond motifs is 1. The zero-order chi connectivity index (χ0) is 11.8. The molecule has 5 heteroatoms. The second kappa shape index (κ2) is 4.31. The molecule has 3 heterocycles. The molecule has 1 aromatic heterocycles. The Morgan fingerprint density at radius 2 is 2.35 bits per heavy atom. The maximum absolute atomic E-state index is 12.3. The van der Waals surface area contributed by atoms with Crippen LogP contribution in [0.5, 0.6) is 0 Å². The quantitative estimate of drug-likeness (QED) is 0.750. The van der Waals surface area contributed by atoms with Crippen LogP contribution in [0.15, 0.2) is 4.79 Å². The fraction of sp³-hybridized carbons (Fsp3) is 0.750. The van der Waals surface area contributed by atoms with Crippen LogP contribution in [-0.2, 0) is 17.7 Å². The molecular formula is C12H19N3O2. The first-order valence-electron chi connectivity index (χ1n) is 6.39. The van der Waals surface area contributed by atoms with E-state index >= 15 is 0 Å². The van der Waals surface area contributed by atoms with Crippen molar-refractivity contribution in [3.05, 3.63) is 21.6 Å². The molecule has 0 aliphatic carbocycles. The first-order valence-corrected chi connectivity index (χ1v) is 6.39. The lowest BCUT2D eigenvalue weighted by Gasteiger charge is -2.22. The Kier molecular flexibility index (Phi) is 2.80. The average Bonchev–Trinajstić information content (AvgIpc) is 2.68. The summed E-state index contributed by atoms with van der Waals surface area (Å²) in [5.74, 6) is 0. The molecule has 2 N–H and O–H groups in total. The molecule has 2 unspecified atom stereocenters. The van der Waals surface area contributed by atoms with Crippen LogP contribution >= 0.6 is 0 Å². The molecule has 0 bridgehead atoms. The van der Waals surface area contributed by atoms with E-state index in [1.165, 1.54) is 0 Å². The van der Waals surface area contributed by atoms with Gasteiger partial charge in [0.2, 0.25) is 0 Å². The Morgan fingerprint density at radius 3 is 3.12 bits per heavy atom. The van der Waals surface area contributed by atoms with Gasteiger partial charge in [-0.1, -0.05) is 0 Å². The second-order valence-corrected chi connectivity index (χ2v) is 5.10. The number of hydrogen-bond acceptors (Lipinski definition) is 3. The molecule has 0 amide bonds. The zero-order valence-electron chi connectivity index (χ0n) is 10.2. The molecule has 2 atom stereocenters. The monoisotopic (exact) mass is 237 g/mol. The number of aromatic amines is 1. The van der Waals surface area contributed by atoms with E-state index < -0.39 is 0 Å². The number of nitrogens with one attached hydrogen (secondary N) is 2. The summed E-state index contributed by atoms with van der Waals surface area (Å²) in [5.41, 5.74) is 2.17. The van der Waals surface area contributed by atoms with Crippen LogP contribution in [0, 0.1) is 0 Å². The summed E-state index contributed by atoms with van der Waals surface area (Å²) in [5, 5.41) is 6.62. The molecular weight excluding hydrogens is 218 g/mol. The number of aromatic nitrogens is 2. The van der Waals surface area contributed by atoms with Crippen LogP contribution < -0.4 is 10.9 Å². The third-order valence-electron chi connectivity index (χ3n) is 3.74. The van der Waals surface area contributed by atoms with Crippen LogP contribution in [0.25, 0.3) is 0 Å². The van der Waals surface area contributed by atoms with Gasteiger partial charge < -0.3 is 10.1 Å². The van der Waals surface area contributed by atoms with Crippen molar-refractivity contribution in [2.24, 2.45) is 0 Å². The predicted molar refractivity (Wildman–Crippen MR) is 64.1 cm³/mol. The topological polar surface area (TPSA) is 59.0 Å². The van der Waals surface area contributed by atoms with Crippen molar-refractivity contribution < 1.29 is 4.74 Å². The van der Waals surface area contributed by atoms with Crippen LogP contribution in [0.2, 0.25) is 0 Å². The molecule has 1 saturated heterocycles. The van der Waals surface area contributed by atoms with Gasteiger partial charge in [0, 0.05) is 24.8 Å². The Bertz CT molecular complexity index is 457. The van der Waals surface area contributed by atoms with E-state index in [2.05, 4.69) is 17.3 Å². The number of rotatable bonds is 1. The first kappa shape index (κ1) is 11.0. The minimum absolute atomic E-state index is 0.156. The lowest BCUT2D eigenvalue weighted by Crippen LogP contribution is -2.35. The Hall–Kier alpha value is -1.07. The van der Waals surface area contributed by atoms with Crippen molar-refractivity contribution in [1.29, 1.82) is 0 Å². The van der Waals surface area contributed by atoms with Gasteiger partial charge in [-0.25, -0.2) is 4.68 Å². The van der Waals surface area contributed by atoms with Gasteiger partial charge >= 0.3 is 0 Å². The van der Waals surface area contributed by atoms with Gasteiger partial charge in [0.1, 0.15) is 0 Å². The van der Waals surface area contributed by atoms with Crippen molar-refractivity contribution in [1.82, 2.24) is 15.1 Å². The predicted octanol–water partition coefficient (Wildman–Crippen LogP) is 0.562. The summed E-state index contributed by atoms with van der Waals surface area (Å²) >= 11 is 0. The van der Waals surface area contributed by atoms with E-state index in [0.717, 1.165) is 43.7 Å². The minimum Gasteiger partial charge on any atom is -0.379 e. The van der Waals surface area contributed by atoms with Gasteiger partial charge in [0.15, 0.2) is 0 Å². The van der Waals surface area contributed by atoms with Crippen molar-refractivity contribution in [3.8, 4) is 0 Å². The number of nitrogens with zero attached hydrogens (tertiary/aromatic N) is 1. The molecule has 0 radical (unpaired) electrons. The average molecular weight is 237 g/mol. The van der Waals surface area contributed by atoms with E-state index in [-0.39, 0.29) is 11.6 Å². The Labute approximate surface area is 100 Å². The third kappa shape index (κ3) is 1.93. The maximum Gasteiger partial charge on any atom is 0.270 e. The van der Waals surface area contributed by atoms with Gasteiger partial charge in [-0.2, -0.15) is 0 Å². The molecule has 1 fully saturated rings. The summed E-state index contributed by atoms with van der Waals surface area (Å²) < 4.78 is 7.23. The normalized spacial score (nSPS) is 29.0. The van der Waals surface area contributed by atoms with E-state index in [0.29, 0.717) is 12.6 Å². The molecule has 17 heavy (non-hydrogen) atoms. The van der Waals surface area contributed by atoms with Gasteiger partial charge in [0.25, 0.3) is 5.56 Å². The molecule has 94 valence electrons. The molecule has 2 aliphatic rings. The molecule has 0 aromatic carbocycles. The molecule has 2 aliphatic heterocycles. The van der Waals surface area contributed by atoms with Gasteiger partial charge in [-0.05, 0) is 26.2 Å². The van der Waals surface area contributed by atoms with Crippen LogP contribution in [0.3, 0.4) is 0 Å². The number of hydrogen-bond donors (Lipinski definition) is 2. The zero-order valence-corrected chi connectivity index (χ0v) is 10.2. The molecule has 1 aromatic rings. The van der Waals surface area contributed by atoms with Crippen molar-refractivity contribution in [3.63, 3.8) is 0 Å². The lowest BCUT2D eigenvalue weighted by atomic mass is 10.0. The van der Waals surface area contributed by atoms with Crippen LogP contribution in [-0.4, -0.2) is 29.0 Å². The van der Waals surface area contributed by atoms with Crippen molar-refractivity contribution in [2.45, 2.75) is 44.8 Å². The third-order valence-corrected chi connectivity index (χ3v) is 3.74. The molecule has 5 nitrogen and oxygen atoms in total. The minimum atomic E-state index is 0.156. The highest BCUT2D eigenvalue weighted by atomic mass is 16.5. The van der Waals surface area contributed by atoms with Crippen molar-refractivity contribution >= 4 is 0 Å². The standard InChI is InChI=1S/C12H19N3O2/c1-8-5-10-11(6-13-8)14-15(12(10)16)9-3-2-4-17-7-9/h8-9,13-14H,2-7H2,1H3. The van der Waals surface area contributed by atoms with E-state index in [1.807, 2.05) is 0 Å². The highest BCUT2D eigenvalue weighted by molar-refractivity contribution is 5.21. The van der Waals surface area contributed by atoms with Gasteiger partial charge in [-0.3, -0.25) is 9.89 Å². The first-order chi connectivity index (χ1) is 8.25. The second-order valence-electron chi connectivity index (χ2n) is 5.10. The van der Waals surface area contributed by atoms with E-state index in [9.17, 15) is 4.79 Å². The summed E-state index contributed by atoms with van der Waals surface area (Å²) in [6, 6.07) is 0.583. The molecule has 0 saturated carbocycles. The summed E-state index contributed by atoms with van der Waals surface area (Å²) in [6.07, 6.45) is 2.89. The highest BCUT2D eigenvalue weighted by Gasteiger charge is 2.25. The van der Waals surface area contributed by atoms with Crippen molar-refractivity contribution in [2.75, 3.05) is 13.2 Å². The maximum atomic E-state index is 12.3. The van der Waals surface area contributed by atoms with Gasteiger partial charge in [0.05, 0.1) is 18.3 Å². The summed E-state index contributed by atoms with van der Waals surface area (Å²) in [4.78, 5) is 12.3. The fourth-order valence-corrected chi connectivity index (χ4v) is 2.73. The van der Waals surface area contributed by atoms with E-state index in [1.54, 1.807) is 4.68 Å². The molecule has 0 spiro atoms. The van der Waals surface area contributed by atoms with Crippen LogP contribution in [0.4, 0.5) is 0 Å². The number of ether oxygens (including phenoxy) is 1. The molecule has 3 rings (SSSR count). The Morgan fingerprint density at radius 1 is 1.47 bits per heavy atom. The highest BCUT2D eigenvalue weighted by Crippen LogP contribution is 2.19. The Balaban J connectivity index is 1.93. The van der Waals surface area contributed by atoms with Gasteiger partial charge in [-0.15, -0.1) is 0 Å². The lowest BCUT2D eigenvalue weighted by molar-refractivity contribution is 0.0536. The smallest absolute Gasteiger partial charge is 0.270 e. The largest absolute Gasteiger partial charge is 0.379 e. The summed E-state index contributed by atoms with van der Waals surface area (Å²) in [7, 11) is 0. The van der Waals surface area contributed by atoms with Crippen LogP contribution in [0.1, 0.15) is 37.1 Å². The summed E-state index contributed by atoms with van der Waals surface area (Å²) in [6.45, 7) is 4.36. The number of H-pyrrole nitrogens is 1. The SMILES string of the molecule is CC1Cc2c([nH]n(C3CCCOC3)c2=O)CN1. The fourth-order valence-electron chi connectivity index (χ4n) is 2.73. The van der Waals surface area contributed by atoms with E-state index in [4.69, 9.17) is 4.74 Å².